The lowest BCUT2D eigenvalue weighted by molar-refractivity contribution is -0.0423. The first kappa shape index (κ1) is 14.0. The first-order valence-electron chi connectivity index (χ1n) is 5.45. The van der Waals surface area contributed by atoms with Crippen LogP contribution in [0.25, 0.3) is 0 Å². The summed E-state index contributed by atoms with van der Waals surface area (Å²) in [6.07, 6.45) is -0.713. The molecule has 9 nitrogen and oxygen atoms in total. The van der Waals surface area contributed by atoms with Crippen LogP contribution in [-0.4, -0.2) is 38.4 Å². The molecular formula is C9H13N3O6P+. The summed E-state index contributed by atoms with van der Waals surface area (Å²) in [5.41, 5.74) is 4.77. The van der Waals surface area contributed by atoms with E-state index < -0.39 is 32.4 Å². The third-order valence-corrected chi connectivity index (χ3v) is 3.20. The lowest BCUT2D eigenvalue weighted by Gasteiger charge is -2.13. The summed E-state index contributed by atoms with van der Waals surface area (Å²) in [7, 11) is -2.81. The highest BCUT2D eigenvalue weighted by atomic mass is 31.1. The van der Waals surface area contributed by atoms with E-state index in [1.807, 2.05) is 0 Å². The minimum atomic E-state index is -2.81. The molecule has 104 valence electrons. The zero-order valence-electron chi connectivity index (χ0n) is 9.75. The molecule has 0 radical (unpaired) electrons. The van der Waals surface area contributed by atoms with Gasteiger partial charge < -0.3 is 15.6 Å². The molecule has 4 N–H and O–H groups in total. The van der Waals surface area contributed by atoms with Crippen LogP contribution in [0.15, 0.2) is 17.1 Å². The van der Waals surface area contributed by atoms with Crippen LogP contribution in [0.1, 0.15) is 12.6 Å². The van der Waals surface area contributed by atoms with Crippen molar-refractivity contribution < 1.29 is 23.8 Å². The van der Waals surface area contributed by atoms with E-state index in [4.69, 9.17) is 25.0 Å². The fourth-order valence-corrected chi connectivity index (χ4v) is 2.36. The molecule has 0 aromatic carbocycles. The molecule has 2 heterocycles. The molecule has 1 saturated heterocycles. The third-order valence-electron chi connectivity index (χ3n) is 2.75. The summed E-state index contributed by atoms with van der Waals surface area (Å²) in [4.78, 5) is 23.9. The van der Waals surface area contributed by atoms with Gasteiger partial charge in [-0.3, -0.25) is 4.57 Å². The van der Waals surface area contributed by atoms with Crippen molar-refractivity contribution in [3.63, 3.8) is 0 Å². The number of aliphatic hydroxyl groups excluding tert-OH is 1. The quantitative estimate of drug-likeness (QED) is 0.609. The Kier molecular flexibility index (Phi) is 4.23. The van der Waals surface area contributed by atoms with Crippen LogP contribution in [-0.2, 0) is 13.8 Å². The van der Waals surface area contributed by atoms with Crippen molar-refractivity contribution in [3.05, 3.63) is 22.7 Å². The number of aliphatic hydroxyl groups is 1. The van der Waals surface area contributed by atoms with E-state index in [0.29, 0.717) is 0 Å². The van der Waals surface area contributed by atoms with Gasteiger partial charge in [-0.1, -0.05) is 0 Å². The molecule has 1 fully saturated rings. The number of nitrogens with zero attached hydrogens (tertiary/aromatic N) is 2. The number of anilines is 1. The Morgan fingerprint density at radius 2 is 2.42 bits per heavy atom. The lowest BCUT2D eigenvalue weighted by atomic mass is 10.2. The molecule has 0 bridgehead atoms. The number of hydrogen-bond donors (Lipinski definition) is 3. The van der Waals surface area contributed by atoms with Crippen LogP contribution in [0.2, 0.25) is 0 Å². The molecule has 0 amide bonds. The topological polar surface area (TPSA) is 137 Å². The maximum absolute atomic E-state index is 11.6. The number of nitrogens with two attached hydrogens (primary N) is 1. The maximum atomic E-state index is 11.6. The highest BCUT2D eigenvalue weighted by Crippen LogP contribution is 2.34. The van der Waals surface area contributed by atoms with Gasteiger partial charge in [0.05, 0.1) is 6.61 Å². The summed E-state index contributed by atoms with van der Waals surface area (Å²) < 4.78 is 22.0. The van der Waals surface area contributed by atoms with Gasteiger partial charge in [0.15, 0.2) is 0 Å². The summed E-state index contributed by atoms with van der Waals surface area (Å²) >= 11 is 0. The van der Waals surface area contributed by atoms with Gasteiger partial charge in [0.2, 0.25) is 0 Å². The summed E-state index contributed by atoms with van der Waals surface area (Å²) in [6.45, 7) is -0.387. The number of aromatic nitrogens is 2. The van der Waals surface area contributed by atoms with Crippen molar-refractivity contribution in [3.8, 4) is 0 Å². The monoisotopic (exact) mass is 290 g/mol. The highest BCUT2D eigenvalue weighted by molar-refractivity contribution is 7.32. The van der Waals surface area contributed by atoms with Crippen LogP contribution in [0.4, 0.5) is 5.82 Å². The second-order valence-corrected chi connectivity index (χ2v) is 4.66. The molecule has 10 heteroatoms. The molecule has 19 heavy (non-hydrogen) atoms. The van der Waals surface area contributed by atoms with Gasteiger partial charge in [0.25, 0.3) is 0 Å². The number of rotatable bonds is 4. The smallest absolute Gasteiger partial charge is 0.394 e. The van der Waals surface area contributed by atoms with Crippen molar-refractivity contribution in [2.45, 2.75) is 24.9 Å². The zero-order chi connectivity index (χ0) is 14.0. The molecule has 2 rings (SSSR count). The average molecular weight is 290 g/mol. The predicted molar refractivity (Wildman–Crippen MR) is 63.2 cm³/mol. The first-order valence-corrected chi connectivity index (χ1v) is 6.58. The molecule has 1 aliphatic heterocycles. The Morgan fingerprint density at radius 3 is 3.00 bits per heavy atom. The van der Waals surface area contributed by atoms with E-state index in [2.05, 4.69) is 4.98 Å². The second-order valence-electron chi connectivity index (χ2n) is 3.97. The van der Waals surface area contributed by atoms with Crippen LogP contribution >= 0.6 is 8.25 Å². The maximum Gasteiger partial charge on any atom is 0.695 e. The van der Waals surface area contributed by atoms with Crippen molar-refractivity contribution in [1.29, 1.82) is 0 Å². The summed E-state index contributed by atoms with van der Waals surface area (Å²) in [5.74, 6) is 0.0872. The summed E-state index contributed by atoms with van der Waals surface area (Å²) in [6, 6.07) is 1.43. The molecule has 1 aromatic heterocycles. The fourth-order valence-electron chi connectivity index (χ4n) is 1.91. The number of nitrogen functional groups attached to an aromatic ring is 1. The predicted octanol–water partition coefficient (Wildman–Crippen LogP) is -0.860. The zero-order valence-corrected chi connectivity index (χ0v) is 10.6. The Labute approximate surface area is 108 Å². The Hall–Kier alpha value is -1.38. The lowest BCUT2D eigenvalue weighted by Crippen LogP contribution is -2.28. The minimum absolute atomic E-state index is 0.0872. The van der Waals surface area contributed by atoms with E-state index in [1.54, 1.807) is 0 Å². The highest BCUT2D eigenvalue weighted by Gasteiger charge is 2.42. The Bertz CT molecular complexity index is 535. The first-order chi connectivity index (χ1) is 9.01. The molecule has 1 aromatic rings. The Morgan fingerprint density at radius 1 is 1.68 bits per heavy atom. The van der Waals surface area contributed by atoms with Gasteiger partial charge >= 0.3 is 13.9 Å². The molecule has 0 saturated carbocycles. The number of hydrogen-bond acceptors (Lipinski definition) is 7. The Balaban J connectivity index is 2.19. The van der Waals surface area contributed by atoms with Gasteiger partial charge in [-0.15, -0.1) is 9.42 Å². The van der Waals surface area contributed by atoms with Gasteiger partial charge in [0, 0.05) is 17.2 Å². The van der Waals surface area contributed by atoms with E-state index in [0.717, 1.165) is 0 Å². The average Bonchev–Trinajstić information content (AvgIpc) is 2.71. The van der Waals surface area contributed by atoms with E-state index in [-0.39, 0.29) is 18.8 Å². The SMILES string of the molecule is Nc1ccn([C@H]2CC(O[P+](=O)O)[C@@H](CO)O2)c(=O)n1. The largest absolute Gasteiger partial charge is 0.695 e. The summed E-state index contributed by atoms with van der Waals surface area (Å²) in [5, 5.41) is 9.12. The van der Waals surface area contributed by atoms with Crippen LogP contribution in [0.3, 0.4) is 0 Å². The fraction of sp³-hybridized carbons (Fsp3) is 0.556. The molecule has 0 aliphatic carbocycles. The van der Waals surface area contributed by atoms with Crippen LogP contribution in [0, 0.1) is 0 Å². The molecule has 4 atom stereocenters. The van der Waals surface area contributed by atoms with E-state index >= 15 is 0 Å². The van der Waals surface area contributed by atoms with Crippen molar-refractivity contribution in [2.75, 3.05) is 12.3 Å². The van der Waals surface area contributed by atoms with Gasteiger partial charge in [-0.2, -0.15) is 4.98 Å². The van der Waals surface area contributed by atoms with Gasteiger partial charge in [0.1, 0.15) is 24.3 Å². The minimum Gasteiger partial charge on any atom is -0.394 e. The van der Waals surface area contributed by atoms with Gasteiger partial charge in [-0.25, -0.2) is 4.79 Å². The molecule has 0 spiro atoms. The molecule has 2 unspecified atom stereocenters. The van der Waals surface area contributed by atoms with E-state index in [1.165, 1.54) is 16.8 Å². The van der Waals surface area contributed by atoms with Gasteiger partial charge in [-0.05, 0) is 6.07 Å². The molecular weight excluding hydrogens is 277 g/mol. The normalized spacial score (nSPS) is 27.5. The van der Waals surface area contributed by atoms with Crippen molar-refractivity contribution >= 4 is 14.1 Å². The second kappa shape index (κ2) is 5.72. The molecule has 1 aliphatic rings. The number of ether oxygens (including phenoxy) is 1. The van der Waals surface area contributed by atoms with Crippen molar-refractivity contribution in [1.82, 2.24) is 9.55 Å². The standard InChI is InChI=1S/C9H12N3O6P/c10-7-1-2-12(9(14)11-7)8-3-5(18-19(15)16)6(4-13)17-8/h1-2,5-6,8,13H,3-4H2,(H2-,10,11,14,15,16)/p+1/t5?,6-,8-/m1/s1. The van der Waals surface area contributed by atoms with Crippen LogP contribution < -0.4 is 11.4 Å². The van der Waals surface area contributed by atoms with Crippen LogP contribution in [0.5, 0.6) is 0 Å². The van der Waals surface area contributed by atoms with E-state index in [9.17, 15) is 9.36 Å². The van der Waals surface area contributed by atoms with Crippen molar-refractivity contribution in [2.24, 2.45) is 0 Å². The third kappa shape index (κ3) is 3.14.